The predicted molar refractivity (Wildman–Crippen MR) is 92.5 cm³/mol. The minimum atomic E-state index is -3.59. The highest BCUT2D eigenvalue weighted by atomic mass is 32.2. The van der Waals surface area contributed by atoms with Crippen molar-refractivity contribution in [2.75, 3.05) is 31.1 Å². The molecule has 3 aromatic rings. The van der Waals surface area contributed by atoms with Crippen LogP contribution in [0.5, 0.6) is 0 Å². The molecule has 4 rings (SSSR count). The summed E-state index contributed by atoms with van der Waals surface area (Å²) >= 11 is 1.51. The Morgan fingerprint density at radius 1 is 1.16 bits per heavy atom. The molecule has 1 fully saturated rings. The summed E-state index contributed by atoms with van der Waals surface area (Å²) in [4.78, 5) is 7.53. The summed E-state index contributed by atoms with van der Waals surface area (Å²) in [5.74, 6) is 0.330. The lowest BCUT2D eigenvalue weighted by atomic mass is 10.4. The van der Waals surface area contributed by atoms with Gasteiger partial charge in [0.05, 0.1) is 11.9 Å². The molecule has 9 nitrogen and oxygen atoms in total. The van der Waals surface area contributed by atoms with Crippen molar-refractivity contribution >= 4 is 31.5 Å². The number of hydrogen-bond acceptors (Lipinski definition) is 8. The third-order valence-corrected chi connectivity index (χ3v) is 7.35. The molecule has 0 saturated carbocycles. The highest BCUT2D eigenvalue weighted by Crippen LogP contribution is 2.27. The lowest BCUT2D eigenvalue weighted by Crippen LogP contribution is -2.48. The van der Waals surface area contributed by atoms with E-state index in [2.05, 4.69) is 20.1 Å². The SMILES string of the molecule is Cc1cn2nc(N3CCN(S(=O)(=O)c4c(C)noc4C)CC3)sc2n1. The summed E-state index contributed by atoms with van der Waals surface area (Å²) in [7, 11) is -3.59. The van der Waals surface area contributed by atoms with Crippen molar-refractivity contribution in [2.45, 2.75) is 25.7 Å². The van der Waals surface area contributed by atoms with Gasteiger partial charge in [-0.1, -0.05) is 16.5 Å². The molecule has 1 aliphatic heterocycles. The zero-order valence-corrected chi connectivity index (χ0v) is 15.8. The van der Waals surface area contributed by atoms with E-state index in [4.69, 9.17) is 4.52 Å². The van der Waals surface area contributed by atoms with Gasteiger partial charge in [0.1, 0.15) is 10.6 Å². The maximum absolute atomic E-state index is 12.9. The predicted octanol–water partition coefficient (Wildman–Crippen LogP) is 1.21. The lowest BCUT2D eigenvalue weighted by molar-refractivity contribution is 0.378. The maximum Gasteiger partial charge on any atom is 0.248 e. The molecule has 0 spiro atoms. The van der Waals surface area contributed by atoms with Gasteiger partial charge in [0.2, 0.25) is 20.1 Å². The van der Waals surface area contributed by atoms with Gasteiger partial charge in [-0.3, -0.25) is 0 Å². The van der Waals surface area contributed by atoms with Crippen LogP contribution in [0.4, 0.5) is 5.13 Å². The van der Waals surface area contributed by atoms with E-state index in [1.54, 1.807) is 18.4 Å². The van der Waals surface area contributed by atoms with Crippen LogP contribution in [0.2, 0.25) is 0 Å². The third-order valence-electron chi connectivity index (χ3n) is 4.23. The number of nitrogens with zero attached hydrogens (tertiary/aromatic N) is 6. The van der Waals surface area contributed by atoms with Gasteiger partial charge in [0, 0.05) is 26.2 Å². The second-order valence-corrected chi connectivity index (χ2v) is 8.85. The summed E-state index contributed by atoms with van der Waals surface area (Å²) in [5, 5.41) is 9.14. The fraction of sp³-hybridized carbons (Fsp3) is 0.500. The Kier molecular flexibility index (Phi) is 3.81. The summed E-state index contributed by atoms with van der Waals surface area (Å²) in [5.41, 5.74) is 1.33. The van der Waals surface area contributed by atoms with Crippen LogP contribution in [0.25, 0.3) is 4.96 Å². The molecule has 1 aliphatic rings. The Balaban J connectivity index is 1.52. The van der Waals surface area contributed by atoms with Crippen molar-refractivity contribution in [1.82, 2.24) is 24.1 Å². The maximum atomic E-state index is 12.9. The van der Waals surface area contributed by atoms with Gasteiger partial charge in [-0.15, -0.1) is 5.10 Å². The first-order chi connectivity index (χ1) is 11.9. The van der Waals surface area contributed by atoms with E-state index < -0.39 is 10.0 Å². The quantitative estimate of drug-likeness (QED) is 0.672. The van der Waals surface area contributed by atoms with Crippen molar-refractivity contribution in [1.29, 1.82) is 0 Å². The molecular weight excluding hydrogens is 364 g/mol. The Bertz CT molecular complexity index is 976. The largest absolute Gasteiger partial charge is 0.360 e. The second kappa shape index (κ2) is 5.78. The van der Waals surface area contributed by atoms with Crippen molar-refractivity contribution < 1.29 is 12.9 Å². The van der Waals surface area contributed by atoms with E-state index in [1.165, 1.54) is 15.6 Å². The molecule has 0 radical (unpaired) electrons. The molecule has 25 heavy (non-hydrogen) atoms. The van der Waals surface area contributed by atoms with Crippen molar-refractivity contribution in [3.05, 3.63) is 23.3 Å². The number of aryl methyl sites for hydroxylation is 3. The van der Waals surface area contributed by atoms with Crippen molar-refractivity contribution in [3.63, 3.8) is 0 Å². The molecule has 0 unspecified atom stereocenters. The molecule has 11 heteroatoms. The molecule has 134 valence electrons. The number of imidazole rings is 1. The zero-order chi connectivity index (χ0) is 17.8. The highest BCUT2D eigenvalue weighted by Gasteiger charge is 2.33. The Morgan fingerprint density at radius 3 is 2.48 bits per heavy atom. The first-order valence-corrected chi connectivity index (χ1v) is 10.1. The van der Waals surface area contributed by atoms with E-state index in [-0.39, 0.29) is 4.90 Å². The van der Waals surface area contributed by atoms with Gasteiger partial charge in [0.15, 0.2) is 5.76 Å². The first-order valence-electron chi connectivity index (χ1n) is 7.87. The Labute approximate surface area is 148 Å². The summed E-state index contributed by atoms with van der Waals surface area (Å²) in [6.45, 7) is 7.15. The van der Waals surface area contributed by atoms with E-state index in [1.807, 2.05) is 13.1 Å². The Morgan fingerprint density at radius 2 is 1.88 bits per heavy atom. The highest BCUT2D eigenvalue weighted by molar-refractivity contribution is 7.89. The van der Waals surface area contributed by atoms with Gasteiger partial charge < -0.3 is 9.42 Å². The van der Waals surface area contributed by atoms with Gasteiger partial charge in [-0.25, -0.2) is 17.9 Å². The number of hydrogen-bond donors (Lipinski definition) is 0. The number of anilines is 1. The summed E-state index contributed by atoms with van der Waals surface area (Å²) < 4.78 is 34.0. The first kappa shape index (κ1) is 16.5. The van der Waals surface area contributed by atoms with E-state index in [0.29, 0.717) is 37.6 Å². The van der Waals surface area contributed by atoms with Crippen LogP contribution in [0.15, 0.2) is 15.6 Å². The number of fused-ring (bicyclic) bond motifs is 1. The van der Waals surface area contributed by atoms with E-state index in [9.17, 15) is 8.42 Å². The fourth-order valence-corrected chi connectivity index (χ4v) is 5.71. The van der Waals surface area contributed by atoms with E-state index in [0.717, 1.165) is 15.8 Å². The normalized spacial score (nSPS) is 16.8. The molecule has 0 aliphatic carbocycles. The van der Waals surface area contributed by atoms with Gasteiger partial charge in [-0.05, 0) is 20.8 Å². The van der Waals surface area contributed by atoms with Crippen molar-refractivity contribution in [2.24, 2.45) is 0 Å². The molecule has 0 atom stereocenters. The van der Waals surface area contributed by atoms with Gasteiger partial charge in [-0.2, -0.15) is 4.31 Å². The lowest BCUT2D eigenvalue weighted by Gasteiger charge is -2.33. The summed E-state index contributed by atoms with van der Waals surface area (Å²) in [6.07, 6.45) is 1.88. The fourth-order valence-electron chi connectivity index (χ4n) is 3.02. The molecule has 3 aromatic heterocycles. The average Bonchev–Trinajstić information content (AvgIpc) is 3.20. The minimum absolute atomic E-state index is 0.184. The van der Waals surface area contributed by atoms with Crippen LogP contribution < -0.4 is 4.90 Å². The average molecular weight is 382 g/mol. The molecule has 4 heterocycles. The zero-order valence-electron chi connectivity index (χ0n) is 14.1. The van der Waals surface area contributed by atoms with Crippen LogP contribution in [-0.4, -0.2) is 58.7 Å². The van der Waals surface area contributed by atoms with Crippen molar-refractivity contribution in [3.8, 4) is 0 Å². The van der Waals surface area contributed by atoms with Crippen LogP contribution >= 0.6 is 11.3 Å². The van der Waals surface area contributed by atoms with Gasteiger partial charge in [0.25, 0.3) is 0 Å². The van der Waals surface area contributed by atoms with Gasteiger partial charge >= 0.3 is 0 Å². The minimum Gasteiger partial charge on any atom is -0.360 e. The standard InChI is InChI=1S/C14H18N6O3S2/c1-9-8-20-13(15-9)24-14(16-20)18-4-6-19(7-5-18)25(21,22)12-10(2)17-23-11(12)3/h8H,4-7H2,1-3H3. The Hall–Kier alpha value is -1.98. The summed E-state index contributed by atoms with van der Waals surface area (Å²) in [6, 6.07) is 0. The molecule has 0 amide bonds. The smallest absolute Gasteiger partial charge is 0.248 e. The number of sulfonamides is 1. The molecule has 1 saturated heterocycles. The monoisotopic (exact) mass is 382 g/mol. The van der Waals surface area contributed by atoms with Crippen LogP contribution in [-0.2, 0) is 10.0 Å². The molecule has 0 N–H and O–H groups in total. The molecular formula is C14H18N6O3S2. The number of piperazine rings is 1. The molecule has 0 bridgehead atoms. The third kappa shape index (κ3) is 2.71. The van der Waals surface area contributed by atoms with E-state index >= 15 is 0 Å². The topological polar surface area (TPSA) is 96.8 Å². The van der Waals surface area contributed by atoms with Crippen LogP contribution in [0.3, 0.4) is 0 Å². The number of rotatable bonds is 3. The molecule has 0 aromatic carbocycles. The van der Waals surface area contributed by atoms with Crippen LogP contribution in [0, 0.1) is 20.8 Å². The second-order valence-electron chi connectivity index (χ2n) is 6.04. The van der Waals surface area contributed by atoms with Crippen LogP contribution in [0.1, 0.15) is 17.1 Å². The number of aromatic nitrogens is 4.